The third-order valence-corrected chi connectivity index (χ3v) is 3.13. The number of halogens is 1. The highest BCUT2D eigenvalue weighted by atomic mass is 19.1. The number of nitrogens with zero attached hydrogens (tertiary/aromatic N) is 1. The van der Waals surface area contributed by atoms with Gasteiger partial charge >= 0.3 is 0 Å². The summed E-state index contributed by atoms with van der Waals surface area (Å²) in [7, 11) is 3.60. The monoisotopic (exact) mass is 274 g/mol. The van der Waals surface area contributed by atoms with E-state index >= 15 is 0 Å². The Morgan fingerprint density at radius 3 is 2.40 bits per heavy atom. The van der Waals surface area contributed by atoms with Gasteiger partial charge in [0.1, 0.15) is 11.6 Å². The molecule has 2 aromatic rings. The Hall–Kier alpha value is -2.07. The molecule has 0 amide bonds. The molecule has 3 nitrogen and oxygen atoms in total. The van der Waals surface area contributed by atoms with Crippen molar-refractivity contribution < 1.29 is 9.13 Å². The van der Waals surface area contributed by atoms with Crippen LogP contribution >= 0.6 is 0 Å². The van der Waals surface area contributed by atoms with Crippen LogP contribution in [0.25, 0.3) is 0 Å². The van der Waals surface area contributed by atoms with E-state index in [9.17, 15) is 4.39 Å². The van der Waals surface area contributed by atoms with Gasteiger partial charge in [-0.3, -0.25) is 4.90 Å². The molecule has 0 aliphatic heterocycles. The van der Waals surface area contributed by atoms with Gasteiger partial charge in [-0.15, -0.1) is 0 Å². The lowest BCUT2D eigenvalue weighted by Crippen LogP contribution is -2.18. The van der Waals surface area contributed by atoms with Crippen LogP contribution in [0.4, 0.5) is 10.1 Å². The van der Waals surface area contributed by atoms with Gasteiger partial charge in [0.2, 0.25) is 0 Å². The van der Waals surface area contributed by atoms with Crippen molar-refractivity contribution in [2.75, 3.05) is 19.9 Å². The van der Waals surface area contributed by atoms with Crippen LogP contribution in [-0.4, -0.2) is 19.1 Å². The van der Waals surface area contributed by atoms with Crippen LogP contribution in [0.3, 0.4) is 0 Å². The molecule has 4 heteroatoms. The normalized spacial score (nSPS) is 10.8. The average Bonchev–Trinajstić information content (AvgIpc) is 2.43. The third kappa shape index (κ3) is 3.71. The van der Waals surface area contributed by atoms with Gasteiger partial charge < -0.3 is 10.5 Å². The second kappa shape index (κ2) is 6.39. The van der Waals surface area contributed by atoms with Gasteiger partial charge in [0.15, 0.2) is 0 Å². The van der Waals surface area contributed by atoms with Gasteiger partial charge in [0.05, 0.1) is 7.11 Å². The van der Waals surface area contributed by atoms with Crippen LogP contribution < -0.4 is 10.5 Å². The van der Waals surface area contributed by atoms with Gasteiger partial charge in [0.25, 0.3) is 0 Å². The molecule has 0 spiro atoms. The first-order valence-corrected chi connectivity index (χ1v) is 6.44. The van der Waals surface area contributed by atoms with Gasteiger partial charge in [-0.2, -0.15) is 0 Å². The summed E-state index contributed by atoms with van der Waals surface area (Å²) in [5.74, 6) is 0.576. The molecule has 0 aromatic heterocycles. The molecule has 0 saturated heterocycles. The van der Waals surface area contributed by atoms with Gasteiger partial charge in [-0.05, 0) is 36.9 Å². The predicted molar refractivity (Wildman–Crippen MR) is 79.0 cm³/mol. The minimum absolute atomic E-state index is 0.258. The van der Waals surface area contributed by atoms with E-state index in [4.69, 9.17) is 10.5 Å². The topological polar surface area (TPSA) is 38.5 Å². The first-order valence-electron chi connectivity index (χ1n) is 6.44. The molecule has 0 aliphatic rings. The summed E-state index contributed by atoms with van der Waals surface area (Å²) in [6.45, 7) is 1.28. The SMILES string of the molecule is COc1ccc(CN(C)Cc2ccc(N)cc2F)cc1. The molecule has 20 heavy (non-hydrogen) atoms. The molecule has 0 unspecified atom stereocenters. The van der Waals surface area contributed by atoms with Crippen LogP contribution in [0, 0.1) is 5.82 Å². The summed E-state index contributed by atoms with van der Waals surface area (Å²) >= 11 is 0. The lowest BCUT2D eigenvalue weighted by atomic mass is 10.1. The molecular formula is C16H19FN2O. The molecule has 0 bridgehead atoms. The molecule has 0 aliphatic carbocycles. The lowest BCUT2D eigenvalue weighted by molar-refractivity contribution is 0.313. The van der Waals surface area contributed by atoms with Crippen molar-refractivity contribution in [1.82, 2.24) is 4.90 Å². The van der Waals surface area contributed by atoms with Crippen molar-refractivity contribution in [3.05, 3.63) is 59.4 Å². The van der Waals surface area contributed by atoms with Crippen LogP contribution in [0.5, 0.6) is 5.75 Å². The van der Waals surface area contributed by atoms with E-state index in [1.165, 1.54) is 6.07 Å². The Morgan fingerprint density at radius 2 is 1.80 bits per heavy atom. The van der Waals surface area contributed by atoms with Crippen molar-refractivity contribution in [2.24, 2.45) is 0 Å². The van der Waals surface area contributed by atoms with Crippen molar-refractivity contribution in [1.29, 1.82) is 0 Å². The average molecular weight is 274 g/mol. The fourth-order valence-corrected chi connectivity index (χ4v) is 2.08. The fourth-order valence-electron chi connectivity index (χ4n) is 2.08. The standard InChI is InChI=1S/C16H19FN2O/c1-19(10-12-3-7-15(20-2)8-4-12)11-13-5-6-14(18)9-16(13)17/h3-9H,10-11,18H2,1-2H3. The number of hydrogen-bond donors (Lipinski definition) is 1. The Balaban J connectivity index is 1.99. The number of anilines is 1. The van der Waals surface area contributed by atoms with E-state index < -0.39 is 0 Å². The molecule has 0 fully saturated rings. The van der Waals surface area contributed by atoms with Crippen LogP contribution in [-0.2, 0) is 13.1 Å². The number of ether oxygens (including phenoxy) is 1. The highest BCUT2D eigenvalue weighted by Gasteiger charge is 2.07. The number of nitrogen functional groups attached to an aromatic ring is 1. The summed E-state index contributed by atoms with van der Waals surface area (Å²) < 4.78 is 18.8. The Labute approximate surface area is 118 Å². The maximum atomic E-state index is 13.7. The molecule has 0 saturated carbocycles. The second-order valence-electron chi connectivity index (χ2n) is 4.87. The lowest BCUT2D eigenvalue weighted by Gasteiger charge is -2.17. The van der Waals surface area contributed by atoms with Crippen molar-refractivity contribution in [2.45, 2.75) is 13.1 Å². The van der Waals surface area contributed by atoms with Crippen molar-refractivity contribution >= 4 is 5.69 Å². The first kappa shape index (κ1) is 14.3. The first-order chi connectivity index (χ1) is 9.58. The van der Waals surface area contributed by atoms with E-state index in [0.717, 1.165) is 17.9 Å². The van der Waals surface area contributed by atoms with Gasteiger partial charge in [-0.25, -0.2) is 4.39 Å². The van der Waals surface area contributed by atoms with E-state index in [0.29, 0.717) is 17.8 Å². The zero-order chi connectivity index (χ0) is 14.5. The van der Waals surface area contributed by atoms with Crippen molar-refractivity contribution in [3.8, 4) is 5.75 Å². The summed E-state index contributed by atoms with van der Waals surface area (Å²) in [5, 5.41) is 0. The maximum absolute atomic E-state index is 13.7. The minimum Gasteiger partial charge on any atom is -0.497 e. The quantitative estimate of drug-likeness (QED) is 0.852. The summed E-state index contributed by atoms with van der Waals surface area (Å²) in [4.78, 5) is 2.05. The molecule has 0 heterocycles. The highest BCUT2D eigenvalue weighted by molar-refractivity contribution is 5.40. The summed E-state index contributed by atoms with van der Waals surface area (Å²) in [6.07, 6.45) is 0. The Kier molecular flexibility index (Phi) is 4.58. The minimum atomic E-state index is -0.258. The number of nitrogens with two attached hydrogens (primary N) is 1. The number of benzene rings is 2. The molecule has 0 radical (unpaired) electrons. The maximum Gasteiger partial charge on any atom is 0.129 e. The second-order valence-corrected chi connectivity index (χ2v) is 4.87. The molecule has 2 aromatic carbocycles. The smallest absolute Gasteiger partial charge is 0.129 e. The van der Waals surface area contributed by atoms with E-state index in [1.54, 1.807) is 19.2 Å². The molecule has 0 atom stereocenters. The van der Waals surface area contributed by atoms with E-state index in [1.807, 2.05) is 31.3 Å². The molecule has 2 N–H and O–H groups in total. The Bertz CT molecular complexity index is 569. The molecule has 2 rings (SSSR count). The number of hydrogen-bond acceptors (Lipinski definition) is 3. The molecular weight excluding hydrogens is 255 g/mol. The largest absolute Gasteiger partial charge is 0.497 e. The van der Waals surface area contributed by atoms with Crippen molar-refractivity contribution in [3.63, 3.8) is 0 Å². The third-order valence-electron chi connectivity index (χ3n) is 3.13. The number of methoxy groups -OCH3 is 1. The van der Waals surface area contributed by atoms with Gasteiger partial charge in [-0.1, -0.05) is 18.2 Å². The number of rotatable bonds is 5. The van der Waals surface area contributed by atoms with Crippen LogP contribution in [0.2, 0.25) is 0 Å². The zero-order valence-corrected chi connectivity index (χ0v) is 11.8. The molecule has 106 valence electrons. The fraction of sp³-hybridized carbons (Fsp3) is 0.250. The zero-order valence-electron chi connectivity index (χ0n) is 11.8. The summed E-state index contributed by atoms with van der Waals surface area (Å²) in [5.41, 5.74) is 7.80. The predicted octanol–water partition coefficient (Wildman–Crippen LogP) is 3.05. The van der Waals surface area contributed by atoms with Crippen LogP contribution in [0.15, 0.2) is 42.5 Å². The highest BCUT2D eigenvalue weighted by Crippen LogP contribution is 2.16. The van der Waals surface area contributed by atoms with E-state index in [-0.39, 0.29) is 5.82 Å². The van der Waals surface area contributed by atoms with Crippen LogP contribution in [0.1, 0.15) is 11.1 Å². The van der Waals surface area contributed by atoms with Gasteiger partial charge in [0, 0.05) is 24.3 Å². The summed E-state index contributed by atoms with van der Waals surface area (Å²) in [6, 6.07) is 12.7. The van der Waals surface area contributed by atoms with E-state index in [2.05, 4.69) is 4.90 Å². The Morgan fingerprint density at radius 1 is 1.10 bits per heavy atom.